The third-order valence-electron chi connectivity index (χ3n) is 5.72. The number of para-hydroxylation sites is 1. The van der Waals surface area contributed by atoms with Crippen LogP contribution in [0.25, 0.3) is 0 Å². The van der Waals surface area contributed by atoms with Crippen molar-refractivity contribution in [3.05, 3.63) is 66.2 Å². The summed E-state index contributed by atoms with van der Waals surface area (Å²) in [4.78, 5) is 31.0. The standard InChI is InChI=1S/C25H35N5O2/c1-28(23-11-6-3-7-12-23)14-8-13-26-24(31)20-29-15-17-30(18-16-29)21-25(32)27-19-22-9-4-2-5-10-22/h2-7,9-12H,8,13-21H2,1H3,(H,26,31)(H,27,32). The van der Waals surface area contributed by atoms with Gasteiger partial charge in [0.05, 0.1) is 13.1 Å². The van der Waals surface area contributed by atoms with E-state index in [1.807, 2.05) is 48.5 Å². The molecule has 2 N–H and O–H groups in total. The van der Waals surface area contributed by atoms with Crippen molar-refractivity contribution < 1.29 is 9.59 Å². The number of nitrogens with one attached hydrogen (secondary N) is 2. The Bertz CT molecular complexity index is 823. The number of carbonyl (C=O) groups excluding carboxylic acids is 2. The number of piperazine rings is 1. The van der Waals surface area contributed by atoms with Gasteiger partial charge in [-0.15, -0.1) is 0 Å². The van der Waals surface area contributed by atoms with Gasteiger partial charge in [-0.2, -0.15) is 0 Å². The highest BCUT2D eigenvalue weighted by molar-refractivity contribution is 5.78. The smallest absolute Gasteiger partial charge is 0.234 e. The first-order chi connectivity index (χ1) is 15.6. The first-order valence-corrected chi connectivity index (χ1v) is 11.4. The van der Waals surface area contributed by atoms with Gasteiger partial charge in [0, 0.05) is 58.5 Å². The number of benzene rings is 2. The van der Waals surface area contributed by atoms with Crippen LogP contribution in [0.2, 0.25) is 0 Å². The van der Waals surface area contributed by atoms with Crippen LogP contribution in [0.1, 0.15) is 12.0 Å². The molecule has 0 unspecified atom stereocenters. The fourth-order valence-electron chi connectivity index (χ4n) is 3.78. The van der Waals surface area contributed by atoms with Crippen LogP contribution in [-0.4, -0.2) is 81.0 Å². The predicted molar refractivity (Wildman–Crippen MR) is 129 cm³/mol. The zero-order chi connectivity index (χ0) is 22.6. The van der Waals surface area contributed by atoms with Crippen molar-refractivity contribution in [2.45, 2.75) is 13.0 Å². The van der Waals surface area contributed by atoms with E-state index in [0.717, 1.165) is 44.7 Å². The molecule has 1 heterocycles. The molecule has 7 heteroatoms. The van der Waals surface area contributed by atoms with Gasteiger partial charge in [-0.1, -0.05) is 48.5 Å². The molecular weight excluding hydrogens is 402 g/mol. The van der Waals surface area contributed by atoms with Crippen molar-refractivity contribution in [3.8, 4) is 0 Å². The minimum Gasteiger partial charge on any atom is -0.375 e. The quantitative estimate of drug-likeness (QED) is 0.523. The maximum Gasteiger partial charge on any atom is 0.234 e. The molecule has 7 nitrogen and oxygen atoms in total. The van der Waals surface area contributed by atoms with E-state index in [4.69, 9.17) is 0 Å². The fraction of sp³-hybridized carbons (Fsp3) is 0.440. The average molecular weight is 438 g/mol. The lowest BCUT2D eigenvalue weighted by Gasteiger charge is -2.33. The van der Waals surface area contributed by atoms with Crippen molar-refractivity contribution in [3.63, 3.8) is 0 Å². The normalized spacial score (nSPS) is 14.7. The highest BCUT2D eigenvalue weighted by Gasteiger charge is 2.20. The molecule has 0 bridgehead atoms. The van der Waals surface area contributed by atoms with Gasteiger partial charge in [-0.3, -0.25) is 19.4 Å². The summed E-state index contributed by atoms with van der Waals surface area (Å²) in [6.45, 7) is 6.16. The van der Waals surface area contributed by atoms with E-state index in [-0.39, 0.29) is 11.8 Å². The van der Waals surface area contributed by atoms with Crippen LogP contribution >= 0.6 is 0 Å². The van der Waals surface area contributed by atoms with E-state index < -0.39 is 0 Å². The van der Waals surface area contributed by atoms with Crippen LogP contribution in [0.4, 0.5) is 5.69 Å². The second-order valence-corrected chi connectivity index (χ2v) is 8.28. The lowest BCUT2D eigenvalue weighted by Crippen LogP contribution is -2.51. The summed E-state index contributed by atoms with van der Waals surface area (Å²) >= 11 is 0. The van der Waals surface area contributed by atoms with Crippen LogP contribution in [0.5, 0.6) is 0 Å². The van der Waals surface area contributed by atoms with Crippen molar-refractivity contribution in [2.75, 3.05) is 64.3 Å². The second kappa shape index (κ2) is 12.8. The average Bonchev–Trinajstić information content (AvgIpc) is 2.83. The minimum atomic E-state index is 0.0421. The molecule has 0 saturated carbocycles. The van der Waals surface area contributed by atoms with Crippen LogP contribution < -0.4 is 15.5 Å². The molecule has 1 aliphatic rings. The number of anilines is 1. The van der Waals surface area contributed by atoms with Crippen molar-refractivity contribution in [1.29, 1.82) is 0 Å². The Kier molecular flexibility index (Phi) is 9.53. The van der Waals surface area contributed by atoms with Crippen LogP contribution in [0.15, 0.2) is 60.7 Å². The fourth-order valence-corrected chi connectivity index (χ4v) is 3.78. The lowest BCUT2D eigenvalue weighted by molar-refractivity contribution is -0.125. The van der Waals surface area contributed by atoms with Crippen molar-refractivity contribution >= 4 is 17.5 Å². The zero-order valence-electron chi connectivity index (χ0n) is 19.0. The highest BCUT2D eigenvalue weighted by atomic mass is 16.2. The molecule has 0 spiro atoms. The molecule has 172 valence electrons. The molecule has 2 aromatic carbocycles. The maximum absolute atomic E-state index is 12.3. The number of nitrogens with zero attached hydrogens (tertiary/aromatic N) is 3. The van der Waals surface area contributed by atoms with Gasteiger partial charge in [0.1, 0.15) is 0 Å². The third kappa shape index (κ3) is 8.32. The van der Waals surface area contributed by atoms with E-state index in [1.165, 1.54) is 5.69 Å². The molecule has 1 saturated heterocycles. The minimum absolute atomic E-state index is 0.0421. The van der Waals surface area contributed by atoms with Crippen LogP contribution in [0, 0.1) is 0 Å². The summed E-state index contributed by atoms with van der Waals surface area (Å²) in [5.41, 5.74) is 2.29. The van der Waals surface area contributed by atoms with Crippen molar-refractivity contribution in [2.24, 2.45) is 0 Å². The largest absolute Gasteiger partial charge is 0.375 e. The molecule has 0 aliphatic carbocycles. The Hall–Kier alpha value is -2.90. The summed E-state index contributed by atoms with van der Waals surface area (Å²) in [6, 6.07) is 20.2. The summed E-state index contributed by atoms with van der Waals surface area (Å²) in [5, 5.41) is 6.00. The first-order valence-electron chi connectivity index (χ1n) is 11.4. The Morgan fingerprint density at radius 3 is 1.94 bits per heavy atom. The molecule has 0 atom stereocenters. The van der Waals surface area contributed by atoms with Crippen molar-refractivity contribution in [1.82, 2.24) is 20.4 Å². The van der Waals surface area contributed by atoms with E-state index in [9.17, 15) is 9.59 Å². The summed E-state index contributed by atoms with van der Waals surface area (Å²) in [5.74, 6) is 0.113. The molecule has 32 heavy (non-hydrogen) atoms. The molecule has 3 rings (SSSR count). The second-order valence-electron chi connectivity index (χ2n) is 8.28. The zero-order valence-corrected chi connectivity index (χ0v) is 19.0. The molecule has 0 radical (unpaired) electrons. The lowest BCUT2D eigenvalue weighted by atomic mass is 10.2. The molecule has 1 aliphatic heterocycles. The van der Waals surface area contributed by atoms with E-state index in [2.05, 4.69) is 44.5 Å². The molecule has 0 aromatic heterocycles. The van der Waals surface area contributed by atoms with E-state index >= 15 is 0 Å². The number of amides is 2. The number of hydrogen-bond acceptors (Lipinski definition) is 5. The first kappa shape index (κ1) is 23.8. The molecular formula is C25H35N5O2. The molecule has 1 fully saturated rings. The van der Waals surface area contributed by atoms with Gasteiger partial charge in [-0.05, 0) is 24.1 Å². The maximum atomic E-state index is 12.3. The van der Waals surface area contributed by atoms with Gasteiger partial charge in [-0.25, -0.2) is 0 Å². The Labute approximate surface area is 191 Å². The third-order valence-corrected chi connectivity index (χ3v) is 5.72. The Morgan fingerprint density at radius 1 is 0.812 bits per heavy atom. The molecule has 2 amide bonds. The monoisotopic (exact) mass is 437 g/mol. The van der Waals surface area contributed by atoms with Gasteiger partial charge in [0.15, 0.2) is 0 Å². The van der Waals surface area contributed by atoms with Gasteiger partial charge < -0.3 is 15.5 Å². The van der Waals surface area contributed by atoms with Gasteiger partial charge in [0.25, 0.3) is 0 Å². The molecule has 2 aromatic rings. The highest BCUT2D eigenvalue weighted by Crippen LogP contribution is 2.10. The Morgan fingerprint density at radius 2 is 1.34 bits per heavy atom. The summed E-state index contributed by atoms with van der Waals surface area (Å²) < 4.78 is 0. The van der Waals surface area contributed by atoms with E-state index in [1.54, 1.807) is 0 Å². The SMILES string of the molecule is CN(CCCNC(=O)CN1CCN(CC(=O)NCc2ccccc2)CC1)c1ccccc1. The van der Waals surface area contributed by atoms with Crippen LogP contribution in [0.3, 0.4) is 0 Å². The van der Waals surface area contributed by atoms with Crippen LogP contribution in [-0.2, 0) is 16.1 Å². The number of rotatable bonds is 11. The summed E-state index contributed by atoms with van der Waals surface area (Å²) in [7, 11) is 2.07. The number of carbonyl (C=O) groups is 2. The van der Waals surface area contributed by atoms with Gasteiger partial charge >= 0.3 is 0 Å². The van der Waals surface area contributed by atoms with Gasteiger partial charge in [0.2, 0.25) is 11.8 Å². The Balaban J connectivity index is 1.24. The predicted octanol–water partition coefficient (Wildman–Crippen LogP) is 1.56. The number of hydrogen-bond donors (Lipinski definition) is 2. The topological polar surface area (TPSA) is 67.9 Å². The summed E-state index contributed by atoms with van der Waals surface area (Å²) in [6.07, 6.45) is 0.906. The van der Waals surface area contributed by atoms with E-state index in [0.29, 0.717) is 26.2 Å².